The van der Waals surface area contributed by atoms with E-state index in [1.54, 1.807) is 12.1 Å². The fourth-order valence-corrected chi connectivity index (χ4v) is 3.19. The van der Waals surface area contributed by atoms with Gasteiger partial charge in [-0.2, -0.15) is 5.26 Å². The van der Waals surface area contributed by atoms with E-state index >= 15 is 0 Å². The first-order valence-corrected chi connectivity index (χ1v) is 7.30. The van der Waals surface area contributed by atoms with Crippen molar-refractivity contribution >= 4 is 38.7 Å². The van der Waals surface area contributed by atoms with E-state index in [1.165, 1.54) is 11.8 Å². The molecular formula is C14H7BrFN3S. The molecule has 1 heterocycles. The zero-order valence-electron chi connectivity index (χ0n) is 10.0. The summed E-state index contributed by atoms with van der Waals surface area (Å²) in [6.45, 7) is 0. The summed E-state index contributed by atoms with van der Waals surface area (Å²) >= 11 is 4.29. The second-order valence-electron chi connectivity index (χ2n) is 4.01. The Bertz CT molecular complexity index is 805. The summed E-state index contributed by atoms with van der Waals surface area (Å²) in [5.74, 6) is -0.450. The maximum absolute atomic E-state index is 14.1. The Morgan fingerprint density at radius 3 is 2.80 bits per heavy atom. The van der Waals surface area contributed by atoms with Gasteiger partial charge in [-0.05, 0) is 52.0 Å². The molecule has 0 saturated heterocycles. The molecule has 0 aliphatic carbocycles. The number of benzene rings is 2. The lowest BCUT2D eigenvalue weighted by Gasteiger charge is -2.03. The van der Waals surface area contributed by atoms with Crippen molar-refractivity contribution in [2.24, 2.45) is 0 Å². The molecule has 0 atom stereocenters. The Morgan fingerprint density at radius 1 is 1.25 bits per heavy atom. The summed E-state index contributed by atoms with van der Waals surface area (Å²) in [6, 6.07) is 12.7. The third-order valence-corrected chi connectivity index (χ3v) is 4.44. The first-order valence-electron chi connectivity index (χ1n) is 5.70. The van der Waals surface area contributed by atoms with Crippen molar-refractivity contribution < 1.29 is 4.39 Å². The molecule has 0 radical (unpaired) electrons. The van der Waals surface area contributed by atoms with E-state index in [0.717, 1.165) is 11.0 Å². The lowest BCUT2D eigenvalue weighted by molar-refractivity contribution is 0.594. The second kappa shape index (κ2) is 5.27. The molecule has 6 heteroatoms. The molecule has 2 aromatic carbocycles. The van der Waals surface area contributed by atoms with Gasteiger partial charge in [0.1, 0.15) is 6.07 Å². The second-order valence-corrected chi connectivity index (χ2v) is 5.84. The summed E-state index contributed by atoms with van der Waals surface area (Å²) in [6.07, 6.45) is 0. The van der Waals surface area contributed by atoms with E-state index < -0.39 is 5.82 Å². The number of nitriles is 1. The van der Waals surface area contributed by atoms with E-state index in [2.05, 4.69) is 25.9 Å². The van der Waals surface area contributed by atoms with Gasteiger partial charge < -0.3 is 4.98 Å². The van der Waals surface area contributed by atoms with Gasteiger partial charge in [-0.15, -0.1) is 0 Å². The fourth-order valence-electron chi connectivity index (χ4n) is 1.78. The molecule has 0 fully saturated rings. The summed E-state index contributed by atoms with van der Waals surface area (Å²) in [5.41, 5.74) is 2.02. The molecule has 0 saturated carbocycles. The normalized spacial score (nSPS) is 10.7. The largest absolute Gasteiger partial charge is 0.333 e. The third kappa shape index (κ3) is 2.30. The minimum Gasteiger partial charge on any atom is -0.333 e. The van der Waals surface area contributed by atoms with Gasteiger partial charge in [0.2, 0.25) is 0 Å². The van der Waals surface area contributed by atoms with Crippen LogP contribution in [0.25, 0.3) is 11.0 Å². The molecule has 3 nitrogen and oxygen atoms in total. The van der Waals surface area contributed by atoms with Crippen molar-refractivity contribution in [1.29, 1.82) is 5.26 Å². The highest BCUT2D eigenvalue weighted by atomic mass is 79.9. The van der Waals surface area contributed by atoms with E-state index in [4.69, 9.17) is 5.26 Å². The van der Waals surface area contributed by atoms with Gasteiger partial charge in [0.05, 0.1) is 26.0 Å². The van der Waals surface area contributed by atoms with Crippen LogP contribution in [-0.2, 0) is 0 Å². The predicted molar refractivity (Wildman–Crippen MR) is 79.0 cm³/mol. The monoisotopic (exact) mass is 347 g/mol. The van der Waals surface area contributed by atoms with Crippen LogP contribution >= 0.6 is 27.7 Å². The Morgan fingerprint density at radius 2 is 2.05 bits per heavy atom. The molecule has 0 spiro atoms. The lowest BCUT2D eigenvalue weighted by atomic mass is 10.2. The molecule has 0 unspecified atom stereocenters. The standard InChI is InChI=1S/C14H7BrFN3S/c15-12-8(7-17)5-6-11(13(12)16)20-14-18-9-3-1-2-4-10(9)19-14/h1-6H,(H,18,19). The number of H-pyrrole nitrogens is 1. The number of imidazole rings is 1. The molecule has 20 heavy (non-hydrogen) atoms. The van der Waals surface area contributed by atoms with Crippen LogP contribution in [0.2, 0.25) is 0 Å². The van der Waals surface area contributed by atoms with Crippen LogP contribution in [0.15, 0.2) is 50.9 Å². The fraction of sp³-hybridized carbons (Fsp3) is 0. The molecular weight excluding hydrogens is 341 g/mol. The van der Waals surface area contributed by atoms with Crippen molar-refractivity contribution in [3.63, 3.8) is 0 Å². The highest BCUT2D eigenvalue weighted by Gasteiger charge is 2.13. The minimum atomic E-state index is -0.450. The van der Waals surface area contributed by atoms with Crippen molar-refractivity contribution in [1.82, 2.24) is 9.97 Å². The molecule has 0 aliphatic rings. The number of para-hydroxylation sites is 2. The first kappa shape index (κ1) is 13.2. The van der Waals surface area contributed by atoms with E-state index in [1.807, 2.05) is 30.3 Å². The maximum atomic E-state index is 14.1. The van der Waals surface area contributed by atoms with Crippen LogP contribution in [-0.4, -0.2) is 9.97 Å². The van der Waals surface area contributed by atoms with Crippen LogP contribution in [0.4, 0.5) is 4.39 Å². The Hall–Kier alpha value is -1.84. The Kier molecular flexibility index (Phi) is 3.47. The number of hydrogen-bond donors (Lipinski definition) is 1. The number of fused-ring (bicyclic) bond motifs is 1. The van der Waals surface area contributed by atoms with Crippen LogP contribution in [0, 0.1) is 17.1 Å². The Balaban J connectivity index is 1.99. The molecule has 3 rings (SSSR count). The average molecular weight is 348 g/mol. The van der Waals surface area contributed by atoms with Crippen molar-refractivity contribution in [2.75, 3.05) is 0 Å². The summed E-state index contributed by atoms with van der Waals surface area (Å²) in [4.78, 5) is 7.92. The van der Waals surface area contributed by atoms with Gasteiger partial charge in [-0.1, -0.05) is 12.1 Å². The van der Waals surface area contributed by atoms with Crippen molar-refractivity contribution in [3.05, 3.63) is 52.3 Å². The zero-order chi connectivity index (χ0) is 14.1. The summed E-state index contributed by atoms with van der Waals surface area (Å²) in [7, 11) is 0. The van der Waals surface area contributed by atoms with Gasteiger partial charge in [0.15, 0.2) is 11.0 Å². The smallest absolute Gasteiger partial charge is 0.171 e. The summed E-state index contributed by atoms with van der Waals surface area (Å²) in [5, 5.41) is 9.46. The van der Waals surface area contributed by atoms with Gasteiger partial charge in [0, 0.05) is 0 Å². The van der Waals surface area contributed by atoms with E-state index in [9.17, 15) is 4.39 Å². The first-order chi connectivity index (χ1) is 9.69. The number of nitrogens with zero attached hydrogens (tertiary/aromatic N) is 2. The predicted octanol–water partition coefficient (Wildman–Crippen LogP) is 4.49. The van der Waals surface area contributed by atoms with Crippen LogP contribution in [0.3, 0.4) is 0 Å². The topological polar surface area (TPSA) is 52.5 Å². The average Bonchev–Trinajstić information content (AvgIpc) is 2.86. The van der Waals surface area contributed by atoms with Crippen LogP contribution < -0.4 is 0 Å². The zero-order valence-corrected chi connectivity index (χ0v) is 12.4. The van der Waals surface area contributed by atoms with Crippen LogP contribution in [0.1, 0.15) is 5.56 Å². The number of nitrogens with one attached hydrogen (secondary N) is 1. The van der Waals surface area contributed by atoms with Crippen LogP contribution in [0.5, 0.6) is 0 Å². The van der Waals surface area contributed by atoms with Gasteiger partial charge in [-0.3, -0.25) is 0 Å². The highest BCUT2D eigenvalue weighted by Crippen LogP contribution is 2.33. The number of hydrogen-bond acceptors (Lipinski definition) is 3. The van der Waals surface area contributed by atoms with Crippen molar-refractivity contribution in [2.45, 2.75) is 10.1 Å². The molecule has 98 valence electrons. The number of rotatable bonds is 2. The lowest BCUT2D eigenvalue weighted by Crippen LogP contribution is -1.88. The SMILES string of the molecule is N#Cc1ccc(Sc2nc3ccccc3[nH]2)c(F)c1Br. The summed E-state index contributed by atoms with van der Waals surface area (Å²) < 4.78 is 14.3. The Labute approximate surface area is 127 Å². The number of aromatic nitrogens is 2. The highest BCUT2D eigenvalue weighted by molar-refractivity contribution is 9.10. The number of aromatic amines is 1. The number of halogens is 2. The third-order valence-electron chi connectivity index (χ3n) is 2.74. The van der Waals surface area contributed by atoms with E-state index in [-0.39, 0.29) is 10.0 Å². The molecule has 0 amide bonds. The van der Waals surface area contributed by atoms with Gasteiger partial charge >= 0.3 is 0 Å². The molecule has 0 aliphatic heterocycles. The van der Waals surface area contributed by atoms with Gasteiger partial charge in [-0.25, -0.2) is 9.37 Å². The van der Waals surface area contributed by atoms with Crippen molar-refractivity contribution in [3.8, 4) is 6.07 Å². The molecule has 0 bridgehead atoms. The molecule has 3 aromatic rings. The van der Waals surface area contributed by atoms with E-state index in [0.29, 0.717) is 10.1 Å². The molecule has 1 aromatic heterocycles. The molecule has 1 N–H and O–H groups in total. The quantitative estimate of drug-likeness (QED) is 0.743. The maximum Gasteiger partial charge on any atom is 0.171 e. The van der Waals surface area contributed by atoms with Gasteiger partial charge in [0.25, 0.3) is 0 Å². The minimum absolute atomic E-state index is 0.182.